The number of aliphatic hydroxyl groups excluding tert-OH is 1. The number of rotatable bonds is 4. The van der Waals surface area contributed by atoms with E-state index < -0.39 is 0 Å². The van der Waals surface area contributed by atoms with Crippen molar-refractivity contribution >= 4 is 5.91 Å². The molecule has 0 bridgehead atoms. The summed E-state index contributed by atoms with van der Waals surface area (Å²) in [6.07, 6.45) is 1.43. The summed E-state index contributed by atoms with van der Waals surface area (Å²) in [7, 11) is 0. The van der Waals surface area contributed by atoms with Gasteiger partial charge in [0, 0.05) is 0 Å². The first kappa shape index (κ1) is 13.1. The summed E-state index contributed by atoms with van der Waals surface area (Å²) in [5.74, 6) is -0.137. The van der Waals surface area contributed by atoms with Crippen LogP contribution in [0.1, 0.15) is 31.4 Å². The molecule has 1 aromatic rings. The molecule has 1 saturated heterocycles. The topological polar surface area (TPSA) is 58.6 Å². The molecule has 3 unspecified atom stereocenters. The lowest BCUT2D eigenvalue weighted by atomic mass is 10.1. The fourth-order valence-corrected chi connectivity index (χ4v) is 2.18. The van der Waals surface area contributed by atoms with Gasteiger partial charge in [0.05, 0.1) is 18.8 Å². The van der Waals surface area contributed by atoms with Gasteiger partial charge in [0.25, 0.3) is 0 Å². The average molecular weight is 249 g/mol. The van der Waals surface area contributed by atoms with Crippen LogP contribution in [0.3, 0.4) is 0 Å². The highest BCUT2D eigenvalue weighted by Crippen LogP contribution is 2.20. The smallest absolute Gasteiger partial charge is 0.249 e. The van der Waals surface area contributed by atoms with Crippen molar-refractivity contribution in [2.75, 3.05) is 6.61 Å². The number of hydrogen-bond acceptors (Lipinski definition) is 3. The van der Waals surface area contributed by atoms with Crippen molar-refractivity contribution in [3.8, 4) is 0 Å². The zero-order valence-electron chi connectivity index (χ0n) is 10.5. The third-order valence-corrected chi connectivity index (χ3v) is 3.23. The van der Waals surface area contributed by atoms with E-state index >= 15 is 0 Å². The Morgan fingerprint density at radius 2 is 2.17 bits per heavy atom. The van der Waals surface area contributed by atoms with E-state index in [1.165, 1.54) is 0 Å². The molecule has 1 aliphatic heterocycles. The Hall–Kier alpha value is -1.39. The molecular weight excluding hydrogens is 230 g/mol. The molecule has 1 aromatic carbocycles. The highest BCUT2D eigenvalue weighted by molar-refractivity contribution is 5.81. The molecule has 1 aliphatic rings. The predicted molar refractivity (Wildman–Crippen MR) is 68.0 cm³/mol. The van der Waals surface area contributed by atoms with Gasteiger partial charge in [-0.05, 0) is 25.3 Å². The number of amides is 1. The predicted octanol–water partition coefficient (Wildman–Crippen LogP) is 1.40. The van der Waals surface area contributed by atoms with Crippen molar-refractivity contribution in [2.24, 2.45) is 0 Å². The lowest BCUT2D eigenvalue weighted by Gasteiger charge is -2.19. The molecule has 2 rings (SSSR count). The summed E-state index contributed by atoms with van der Waals surface area (Å²) in [5.41, 5.74) is 0.902. The van der Waals surface area contributed by atoms with Crippen molar-refractivity contribution < 1.29 is 14.6 Å². The van der Waals surface area contributed by atoms with Gasteiger partial charge in [-0.1, -0.05) is 30.3 Å². The molecule has 0 radical (unpaired) electrons. The van der Waals surface area contributed by atoms with Crippen LogP contribution in [-0.4, -0.2) is 29.8 Å². The Kier molecular flexibility index (Phi) is 4.33. The molecule has 2 N–H and O–H groups in total. The third-order valence-electron chi connectivity index (χ3n) is 3.23. The van der Waals surface area contributed by atoms with E-state index in [1.807, 2.05) is 37.3 Å². The Labute approximate surface area is 107 Å². The minimum atomic E-state index is -0.377. The van der Waals surface area contributed by atoms with Gasteiger partial charge in [0.2, 0.25) is 5.91 Å². The SMILES string of the molecule is CC1CCC(C(=O)NC(CO)c2ccccc2)O1. The minimum Gasteiger partial charge on any atom is -0.394 e. The average Bonchev–Trinajstić information content (AvgIpc) is 2.83. The standard InChI is InChI=1S/C14H19NO3/c1-10-7-8-13(18-10)14(17)15-12(9-16)11-5-3-2-4-6-11/h2-6,10,12-13,16H,7-9H2,1H3,(H,15,17). The quantitative estimate of drug-likeness (QED) is 0.848. The van der Waals surface area contributed by atoms with Gasteiger partial charge < -0.3 is 15.2 Å². The molecule has 1 heterocycles. The van der Waals surface area contributed by atoms with Crippen molar-refractivity contribution in [1.29, 1.82) is 0 Å². The number of hydrogen-bond donors (Lipinski definition) is 2. The van der Waals surface area contributed by atoms with Gasteiger partial charge in [-0.25, -0.2) is 0 Å². The Bertz CT molecular complexity index is 393. The molecule has 1 amide bonds. The number of carbonyl (C=O) groups excluding carboxylic acids is 1. The number of ether oxygens (including phenoxy) is 1. The van der Waals surface area contributed by atoms with E-state index in [1.54, 1.807) is 0 Å². The van der Waals surface area contributed by atoms with Crippen LogP contribution in [0.2, 0.25) is 0 Å². The normalized spacial score (nSPS) is 24.8. The molecular formula is C14H19NO3. The second-order valence-corrected chi connectivity index (χ2v) is 4.67. The summed E-state index contributed by atoms with van der Waals surface area (Å²) < 4.78 is 5.51. The highest BCUT2D eigenvalue weighted by Gasteiger charge is 2.29. The summed E-state index contributed by atoms with van der Waals surface area (Å²) in [6, 6.07) is 9.09. The van der Waals surface area contributed by atoms with E-state index in [2.05, 4.69) is 5.32 Å². The fraction of sp³-hybridized carbons (Fsp3) is 0.500. The van der Waals surface area contributed by atoms with Crippen LogP contribution < -0.4 is 5.32 Å². The first-order chi connectivity index (χ1) is 8.70. The zero-order valence-corrected chi connectivity index (χ0v) is 10.5. The third kappa shape index (κ3) is 3.09. The lowest BCUT2D eigenvalue weighted by molar-refractivity contribution is -0.132. The van der Waals surface area contributed by atoms with Gasteiger partial charge in [-0.2, -0.15) is 0 Å². The van der Waals surface area contributed by atoms with Crippen LogP contribution in [-0.2, 0) is 9.53 Å². The second kappa shape index (κ2) is 5.98. The summed E-state index contributed by atoms with van der Waals surface area (Å²) in [5, 5.41) is 12.2. The maximum Gasteiger partial charge on any atom is 0.249 e. The molecule has 1 fully saturated rings. The molecule has 4 nitrogen and oxygen atoms in total. The minimum absolute atomic E-state index is 0.113. The number of aliphatic hydroxyl groups is 1. The van der Waals surface area contributed by atoms with Crippen LogP contribution in [0, 0.1) is 0 Å². The lowest BCUT2D eigenvalue weighted by Crippen LogP contribution is -2.38. The Balaban J connectivity index is 1.96. The van der Waals surface area contributed by atoms with E-state index in [9.17, 15) is 9.90 Å². The maximum atomic E-state index is 12.0. The molecule has 98 valence electrons. The van der Waals surface area contributed by atoms with Gasteiger partial charge in [0.1, 0.15) is 6.10 Å². The Morgan fingerprint density at radius 1 is 1.44 bits per heavy atom. The van der Waals surface area contributed by atoms with E-state index in [-0.39, 0.29) is 30.8 Å². The van der Waals surface area contributed by atoms with Gasteiger partial charge >= 0.3 is 0 Å². The number of carbonyl (C=O) groups is 1. The molecule has 0 spiro atoms. The number of benzene rings is 1. The number of nitrogens with one attached hydrogen (secondary N) is 1. The summed E-state index contributed by atoms with van der Waals surface area (Å²) in [6.45, 7) is 1.85. The maximum absolute atomic E-state index is 12.0. The summed E-state index contributed by atoms with van der Waals surface area (Å²) >= 11 is 0. The molecule has 3 atom stereocenters. The molecule has 18 heavy (non-hydrogen) atoms. The van der Waals surface area contributed by atoms with Crippen molar-refractivity contribution in [3.63, 3.8) is 0 Å². The molecule has 4 heteroatoms. The molecule has 0 saturated carbocycles. The zero-order chi connectivity index (χ0) is 13.0. The van der Waals surface area contributed by atoms with Gasteiger partial charge in [-0.3, -0.25) is 4.79 Å². The molecule has 0 aliphatic carbocycles. The summed E-state index contributed by atoms with van der Waals surface area (Å²) in [4.78, 5) is 12.0. The van der Waals surface area contributed by atoms with Crippen molar-refractivity contribution in [1.82, 2.24) is 5.32 Å². The van der Waals surface area contributed by atoms with Crippen molar-refractivity contribution in [3.05, 3.63) is 35.9 Å². The highest BCUT2D eigenvalue weighted by atomic mass is 16.5. The first-order valence-electron chi connectivity index (χ1n) is 6.32. The van der Waals surface area contributed by atoms with E-state index in [0.717, 1.165) is 18.4 Å². The monoisotopic (exact) mass is 249 g/mol. The first-order valence-corrected chi connectivity index (χ1v) is 6.32. The second-order valence-electron chi connectivity index (χ2n) is 4.67. The van der Waals surface area contributed by atoms with Crippen LogP contribution in [0.15, 0.2) is 30.3 Å². The largest absolute Gasteiger partial charge is 0.394 e. The van der Waals surface area contributed by atoms with Crippen LogP contribution in [0.25, 0.3) is 0 Å². The van der Waals surface area contributed by atoms with Gasteiger partial charge in [0.15, 0.2) is 0 Å². The molecule has 0 aromatic heterocycles. The van der Waals surface area contributed by atoms with E-state index in [4.69, 9.17) is 4.74 Å². The van der Waals surface area contributed by atoms with Crippen LogP contribution >= 0.6 is 0 Å². The van der Waals surface area contributed by atoms with Gasteiger partial charge in [-0.15, -0.1) is 0 Å². The van der Waals surface area contributed by atoms with Crippen LogP contribution in [0.4, 0.5) is 0 Å². The Morgan fingerprint density at radius 3 is 2.72 bits per heavy atom. The van der Waals surface area contributed by atoms with Crippen molar-refractivity contribution in [2.45, 2.75) is 38.0 Å². The van der Waals surface area contributed by atoms with E-state index in [0.29, 0.717) is 0 Å². The van der Waals surface area contributed by atoms with Crippen LogP contribution in [0.5, 0.6) is 0 Å². The fourth-order valence-electron chi connectivity index (χ4n) is 2.18.